The number of thiophene rings is 1. The molecule has 1 aliphatic carbocycles. The molecule has 0 saturated carbocycles. The van der Waals surface area contributed by atoms with Crippen LogP contribution in [0.5, 0.6) is 0 Å². The lowest BCUT2D eigenvalue weighted by Crippen LogP contribution is -1.93. The zero-order valence-electron chi connectivity index (χ0n) is 12.0. The summed E-state index contributed by atoms with van der Waals surface area (Å²) in [7, 11) is 0. The van der Waals surface area contributed by atoms with Gasteiger partial charge in [0, 0.05) is 21.4 Å². The fourth-order valence-electron chi connectivity index (χ4n) is 2.79. The molecule has 0 N–H and O–H groups in total. The van der Waals surface area contributed by atoms with Crippen LogP contribution in [0.4, 0.5) is 0 Å². The first kappa shape index (κ1) is 13.7. The van der Waals surface area contributed by atoms with Crippen molar-refractivity contribution in [2.24, 2.45) is 0 Å². The molecule has 0 bridgehead atoms. The van der Waals surface area contributed by atoms with Gasteiger partial charge < -0.3 is 0 Å². The highest BCUT2D eigenvalue weighted by atomic mass is 32.2. The molecule has 0 saturated heterocycles. The van der Waals surface area contributed by atoms with Gasteiger partial charge in [-0.05, 0) is 38.7 Å². The number of thioether (sulfide) groups is 1. The minimum Gasteiger partial charge on any atom is -0.246 e. The Morgan fingerprint density at radius 3 is 2.90 bits per heavy atom. The van der Waals surface area contributed by atoms with Crippen molar-refractivity contribution in [1.82, 2.24) is 15.0 Å². The standard InChI is InChI=1S/C15H15N3S3/c1-8-16-14(20-7-10-6-19-9(2)18-10)13-11-4-3-5-12(11)21-15(13)17-8/h6H,3-5,7H2,1-2H3. The summed E-state index contributed by atoms with van der Waals surface area (Å²) in [6.07, 6.45) is 3.68. The van der Waals surface area contributed by atoms with Crippen molar-refractivity contribution in [3.05, 3.63) is 32.3 Å². The van der Waals surface area contributed by atoms with E-state index in [-0.39, 0.29) is 0 Å². The molecule has 3 aromatic heterocycles. The van der Waals surface area contributed by atoms with E-state index >= 15 is 0 Å². The van der Waals surface area contributed by atoms with Crippen LogP contribution in [-0.2, 0) is 18.6 Å². The van der Waals surface area contributed by atoms with E-state index in [0.29, 0.717) is 0 Å². The van der Waals surface area contributed by atoms with Crippen LogP contribution in [0.15, 0.2) is 10.4 Å². The van der Waals surface area contributed by atoms with Crippen LogP contribution in [0.2, 0.25) is 0 Å². The predicted octanol–water partition coefficient (Wildman–Crippen LogP) is 4.55. The molecule has 0 radical (unpaired) electrons. The third-order valence-electron chi connectivity index (χ3n) is 3.67. The highest BCUT2D eigenvalue weighted by Crippen LogP contribution is 2.41. The fraction of sp³-hybridized carbons (Fsp3) is 0.400. The summed E-state index contributed by atoms with van der Waals surface area (Å²) >= 11 is 5.38. The van der Waals surface area contributed by atoms with Crippen LogP contribution in [0.1, 0.15) is 33.4 Å². The summed E-state index contributed by atoms with van der Waals surface area (Å²) in [5.74, 6) is 1.76. The number of aromatic nitrogens is 3. The fourth-order valence-corrected chi connectivity index (χ4v) is 5.87. The highest BCUT2D eigenvalue weighted by molar-refractivity contribution is 7.98. The highest BCUT2D eigenvalue weighted by Gasteiger charge is 2.22. The summed E-state index contributed by atoms with van der Waals surface area (Å²) in [6, 6.07) is 0. The molecule has 108 valence electrons. The average molecular weight is 334 g/mol. The van der Waals surface area contributed by atoms with Crippen molar-refractivity contribution in [2.75, 3.05) is 0 Å². The number of rotatable bonds is 3. The Hall–Kier alpha value is -0.980. The van der Waals surface area contributed by atoms with Crippen LogP contribution in [-0.4, -0.2) is 15.0 Å². The van der Waals surface area contributed by atoms with Gasteiger partial charge in [0.1, 0.15) is 15.7 Å². The third kappa shape index (κ3) is 2.49. The molecular formula is C15H15N3S3. The average Bonchev–Trinajstić information content (AvgIpc) is 3.11. The van der Waals surface area contributed by atoms with Gasteiger partial charge in [0.25, 0.3) is 0 Å². The monoisotopic (exact) mass is 333 g/mol. The van der Waals surface area contributed by atoms with Crippen molar-refractivity contribution in [2.45, 2.75) is 43.9 Å². The second-order valence-electron chi connectivity index (χ2n) is 5.26. The Bertz CT molecular complexity index is 819. The lowest BCUT2D eigenvalue weighted by molar-refractivity contribution is 0.914. The van der Waals surface area contributed by atoms with Gasteiger partial charge in [-0.1, -0.05) is 11.8 Å². The molecule has 4 rings (SSSR count). The maximum Gasteiger partial charge on any atom is 0.128 e. The van der Waals surface area contributed by atoms with Gasteiger partial charge in [0.15, 0.2) is 0 Å². The van der Waals surface area contributed by atoms with Crippen LogP contribution in [0.25, 0.3) is 10.2 Å². The van der Waals surface area contributed by atoms with Gasteiger partial charge in [-0.2, -0.15) is 0 Å². The molecule has 0 spiro atoms. The van der Waals surface area contributed by atoms with Crippen LogP contribution in [0, 0.1) is 13.8 Å². The SMILES string of the molecule is Cc1nc(SCc2csc(C)n2)c2c3c(sc2n1)CCC3. The summed E-state index contributed by atoms with van der Waals surface area (Å²) in [4.78, 5) is 16.6. The molecule has 0 unspecified atom stereocenters. The van der Waals surface area contributed by atoms with E-state index in [0.717, 1.165) is 27.3 Å². The van der Waals surface area contributed by atoms with Crippen molar-refractivity contribution in [3.8, 4) is 0 Å². The van der Waals surface area contributed by atoms with E-state index in [1.165, 1.54) is 39.9 Å². The van der Waals surface area contributed by atoms with Crippen molar-refractivity contribution in [3.63, 3.8) is 0 Å². The summed E-state index contributed by atoms with van der Waals surface area (Å²) in [5.41, 5.74) is 2.66. The van der Waals surface area contributed by atoms with E-state index in [2.05, 4.69) is 22.3 Å². The zero-order chi connectivity index (χ0) is 14.4. The second-order valence-corrected chi connectivity index (χ2v) is 8.37. The second kappa shape index (κ2) is 5.34. The van der Waals surface area contributed by atoms with Crippen molar-refractivity contribution < 1.29 is 0 Å². The van der Waals surface area contributed by atoms with E-state index in [1.807, 2.05) is 18.3 Å². The molecular weight excluding hydrogens is 318 g/mol. The first-order valence-corrected chi connectivity index (χ1v) is 9.71. The molecule has 0 aliphatic heterocycles. The van der Waals surface area contributed by atoms with Gasteiger partial charge in [0.2, 0.25) is 0 Å². The van der Waals surface area contributed by atoms with Crippen LogP contribution < -0.4 is 0 Å². The molecule has 0 fully saturated rings. The lowest BCUT2D eigenvalue weighted by atomic mass is 10.2. The van der Waals surface area contributed by atoms with Gasteiger partial charge in [-0.25, -0.2) is 15.0 Å². The number of hydrogen-bond donors (Lipinski definition) is 0. The largest absolute Gasteiger partial charge is 0.246 e. The summed E-state index contributed by atoms with van der Waals surface area (Å²) in [5, 5.41) is 5.73. The number of hydrogen-bond acceptors (Lipinski definition) is 6. The maximum atomic E-state index is 4.71. The molecule has 1 aliphatic rings. The summed E-state index contributed by atoms with van der Waals surface area (Å²) in [6.45, 7) is 4.04. The molecule has 21 heavy (non-hydrogen) atoms. The number of fused-ring (bicyclic) bond motifs is 3. The topological polar surface area (TPSA) is 38.7 Å². The maximum absolute atomic E-state index is 4.71. The Kier molecular flexibility index (Phi) is 3.47. The molecule has 3 heterocycles. The third-order valence-corrected chi connectivity index (χ3v) is 6.68. The first-order valence-electron chi connectivity index (χ1n) is 7.03. The number of thiazole rings is 1. The van der Waals surface area contributed by atoms with Crippen molar-refractivity contribution in [1.29, 1.82) is 0 Å². The first-order chi connectivity index (χ1) is 10.2. The normalized spacial score (nSPS) is 14.0. The Labute approximate surface area is 135 Å². The molecule has 3 nitrogen and oxygen atoms in total. The molecule has 0 aromatic carbocycles. The minimum absolute atomic E-state index is 0.874. The molecule has 3 aromatic rings. The Morgan fingerprint density at radius 2 is 2.10 bits per heavy atom. The lowest BCUT2D eigenvalue weighted by Gasteiger charge is -2.04. The van der Waals surface area contributed by atoms with Gasteiger partial charge in [-0.15, -0.1) is 22.7 Å². The smallest absolute Gasteiger partial charge is 0.128 e. The van der Waals surface area contributed by atoms with Gasteiger partial charge >= 0.3 is 0 Å². The van der Waals surface area contributed by atoms with Crippen molar-refractivity contribution >= 4 is 44.7 Å². The van der Waals surface area contributed by atoms with E-state index in [1.54, 1.807) is 23.1 Å². The van der Waals surface area contributed by atoms with E-state index in [4.69, 9.17) is 4.98 Å². The van der Waals surface area contributed by atoms with Crippen LogP contribution >= 0.6 is 34.4 Å². The molecule has 0 amide bonds. The van der Waals surface area contributed by atoms with E-state index < -0.39 is 0 Å². The number of aryl methyl sites for hydroxylation is 4. The zero-order valence-corrected chi connectivity index (χ0v) is 14.4. The Morgan fingerprint density at radius 1 is 1.19 bits per heavy atom. The van der Waals surface area contributed by atoms with Gasteiger partial charge in [-0.3, -0.25) is 0 Å². The summed E-state index contributed by atoms with van der Waals surface area (Å²) < 4.78 is 0. The van der Waals surface area contributed by atoms with Crippen LogP contribution in [0.3, 0.4) is 0 Å². The minimum atomic E-state index is 0.874. The predicted molar refractivity (Wildman–Crippen MR) is 90.6 cm³/mol. The van der Waals surface area contributed by atoms with E-state index in [9.17, 15) is 0 Å². The molecule has 6 heteroatoms. The quantitative estimate of drug-likeness (QED) is 0.521. The number of nitrogens with zero attached hydrogens (tertiary/aromatic N) is 3. The Balaban J connectivity index is 1.73. The molecule has 0 atom stereocenters. The van der Waals surface area contributed by atoms with Gasteiger partial charge in [0.05, 0.1) is 10.7 Å².